The number of furan rings is 1. The number of hydrogen-bond donors (Lipinski definition) is 1. The Morgan fingerprint density at radius 1 is 1.33 bits per heavy atom. The Morgan fingerprint density at radius 3 is 2.86 bits per heavy atom. The minimum atomic E-state index is 0.249. The summed E-state index contributed by atoms with van der Waals surface area (Å²) in [6.07, 6.45) is 3.28. The molecule has 0 spiro atoms. The first-order valence-electron chi connectivity index (χ1n) is 6.65. The van der Waals surface area contributed by atoms with E-state index >= 15 is 0 Å². The molecule has 3 rings (SSSR count). The van der Waals surface area contributed by atoms with E-state index in [4.69, 9.17) is 14.9 Å². The third kappa shape index (κ3) is 2.74. The van der Waals surface area contributed by atoms with E-state index in [1.165, 1.54) is 5.56 Å². The van der Waals surface area contributed by atoms with Crippen molar-refractivity contribution < 1.29 is 9.15 Å². The van der Waals surface area contributed by atoms with E-state index < -0.39 is 0 Å². The summed E-state index contributed by atoms with van der Waals surface area (Å²) in [6, 6.07) is 10.2. The Labute approximate surface area is 131 Å². The van der Waals surface area contributed by atoms with Gasteiger partial charge in [0.05, 0.1) is 16.5 Å². The SMILES string of the molecule is CC(COc1c(N)ncc2c(Br)coc12)c1ccccc1. The Morgan fingerprint density at radius 2 is 2.10 bits per heavy atom. The molecule has 0 bridgehead atoms. The van der Waals surface area contributed by atoms with Crippen molar-refractivity contribution in [3.05, 3.63) is 52.8 Å². The summed E-state index contributed by atoms with van der Waals surface area (Å²) >= 11 is 3.41. The number of nitrogen functional groups attached to an aromatic ring is 1. The van der Waals surface area contributed by atoms with Crippen molar-refractivity contribution in [2.24, 2.45) is 0 Å². The van der Waals surface area contributed by atoms with Crippen LogP contribution in [-0.4, -0.2) is 11.6 Å². The van der Waals surface area contributed by atoms with Crippen LogP contribution in [-0.2, 0) is 0 Å². The third-order valence-corrected chi connectivity index (χ3v) is 4.01. The number of fused-ring (bicyclic) bond motifs is 1. The van der Waals surface area contributed by atoms with Crippen LogP contribution in [0, 0.1) is 0 Å². The number of anilines is 1. The first-order valence-corrected chi connectivity index (χ1v) is 7.45. The van der Waals surface area contributed by atoms with Crippen LogP contribution in [0.2, 0.25) is 0 Å². The molecule has 2 N–H and O–H groups in total. The van der Waals surface area contributed by atoms with Crippen molar-refractivity contribution in [2.45, 2.75) is 12.8 Å². The Bertz CT molecular complexity index is 756. The van der Waals surface area contributed by atoms with Crippen LogP contribution in [0.15, 0.2) is 51.7 Å². The number of hydrogen-bond acceptors (Lipinski definition) is 4. The molecule has 0 amide bonds. The Balaban J connectivity index is 1.84. The van der Waals surface area contributed by atoms with E-state index in [0.29, 0.717) is 23.8 Å². The zero-order valence-corrected chi connectivity index (χ0v) is 13.1. The van der Waals surface area contributed by atoms with Crippen LogP contribution in [0.4, 0.5) is 5.82 Å². The zero-order chi connectivity index (χ0) is 14.8. The van der Waals surface area contributed by atoms with E-state index in [9.17, 15) is 0 Å². The van der Waals surface area contributed by atoms with Gasteiger partial charge in [0.25, 0.3) is 0 Å². The van der Waals surface area contributed by atoms with Gasteiger partial charge < -0.3 is 14.9 Å². The molecule has 0 fully saturated rings. The number of halogens is 1. The molecule has 108 valence electrons. The number of ether oxygens (including phenoxy) is 1. The van der Waals surface area contributed by atoms with Gasteiger partial charge in [-0.05, 0) is 21.5 Å². The van der Waals surface area contributed by atoms with Gasteiger partial charge in [-0.2, -0.15) is 0 Å². The molecule has 0 radical (unpaired) electrons. The molecule has 5 heteroatoms. The summed E-state index contributed by atoms with van der Waals surface area (Å²) in [5, 5.41) is 0.853. The second kappa shape index (κ2) is 5.77. The summed E-state index contributed by atoms with van der Waals surface area (Å²) in [5.41, 5.74) is 7.75. The summed E-state index contributed by atoms with van der Waals surface area (Å²) < 4.78 is 12.2. The predicted octanol–water partition coefficient (Wildman–Crippen LogP) is 4.36. The quantitative estimate of drug-likeness (QED) is 0.762. The van der Waals surface area contributed by atoms with E-state index in [-0.39, 0.29) is 5.92 Å². The highest BCUT2D eigenvalue weighted by Crippen LogP contribution is 2.35. The Kier molecular flexibility index (Phi) is 3.84. The molecule has 0 aliphatic rings. The number of aromatic nitrogens is 1. The minimum Gasteiger partial charge on any atom is -0.486 e. The molecular weight excluding hydrogens is 332 g/mol. The molecule has 1 atom stereocenters. The van der Waals surface area contributed by atoms with Crippen molar-refractivity contribution in [1.82, 2.24) is 4.98 Å². The maximum absolute atomic E-state index is 5.91. The number of pyridine rings is 1. The molecule has 0 aliphatic heterocycles. The highest BCUT2D eigenvalue weighted by atomic mass is 79.9. The molecule has 4 nitrogen and oxygen atoms in total. The number of rotatable bonds is 4. The van der Waals surface area contributed by atoms with Gasteiger partial charge in [0, 0.05) is 12.1 Å². The van der Waals surface area contributed by atoms with Gasteiger partial charge in [-0.25, -0.2) is 4.98 Å². The lowest BCUT2D eigenvalue weighted by Crippen LogP contribution is -2.09. The lowest BCUT2D eigenvalue weighted by atomic mass is 10.0. The van der Waals surface area contributed by atoms with Crippen LogP contribution in [0.25, 0.3) is 11.0 Å². The fourth-order valence-corrected chi connectivity index (χ4v) is 2.55. The number of nitrogens with two attached hydrogens (primary N) is 1. The lowest BCUT2D eigenvalue weighted by Gasteiger charge is -2.14. The second-order valence-corrected chi connectivity index (χ2v) is 5.78. The van der Waals surface area contributed by atoms with E-state index in [1.807, 2.05) is 18.2 Å². The third-order valence-electron chi connectivity index (χ3n) is 3.40. The van der Waals surface area contributed by atoms with Crippen molar-refractivity contribution in [2.75, 3.05) is 12.3 Å². The maximum Gasteiger partial charge on any atom is 0.205 e. The average molecular weight is 347 g/mol. The fraction of sp³-hybridized carbons (Fsp3) is 0.188. The lowest BCUT2D eigenvalue weighted by molar-refractivity contribution is 0.296. The first kappa shape index (κ1) is 13.9. The van der Waals surface area contributed by atoms with Crippen molar-refractivity contribution in [1.29, 1.82) is 0 Å². The predicted molar refractivity (Wildman–Crippen MR) is 86.5 cm³/mol. The molecule has 2 heterocycles. The van der Waals surface area contributed by atoms with Crippen LogP contribution < -0.4 is 10.5 Å². The largest absolute Gasteiger partial charge is 0.486 e. The van der Waals surface area contributed by atoms with Gasteiger partial charge in [0.1, 0.15) is 6.26 Å². The average Bonchev–Trinajstić information content (AvgIpc) is 2.88. The molecule has 0 aliphatic carbocycles. The minimum absolute atomic E-state index is 0.249. The van der Waals surface area contributed by atoms with E-state index in [1.54, 1.807) is 12.5 Å². The highest BCUT2D eigenvalue weighted by Gasteiger charge is 2.15. The van der Waals surface area contributed by atoms with E-state index in [0.717, 1.165) is 9.86 Å². The zero-order valence-electron chi connectivity index (χ0n) is 11.5. The van der Waals surface area contributed by atoms with Gasteiger partial charge in [0.2, 0.25) is 5.75 Å². The summed E-state index contributed by atoms with van der Waals surface area (Å²) in [7, 11) is 0. The van der Waals surface area contributed by atoms with Crippen LogP contribution in [0.1, 0.15) is 18.4 Å². The van der Waals surface area contributed by atoms with Crippen LogP contribution in [0.3, 0.4) is 0 Å². The molecule has 1 aromatic carbocycles. The van der Waals surface area contributed by atoms with E-state index in [2.05, 4.69) is 40.0 Å². The van der Waals surface area contributed by atoms with Crippen molar-refractivity contribution >= 4 is 32.7 Å². The summed E-state index contributed by atoms with van der Waals surface area (Å²) in [5.74, 6) is 1.09. The van der Waals surface area contributed by atoms with Crippen molar-refractivity contribution in [3.8, 4) is 5.75 Å². The summed E-state index contributed by atoms with van der Waals surface area (Å²) in [4.78, 5) is 4.15. The topological polar surface area (TPSA) is 61.3 Å². The fourth-order valence-electron chi connectivity index (χ4n) is 2.18. The molecule has 0 saturated heterocycles. The van der Waals surface area contributed by atoms with Gasteiger partial charge in [0.15, 0.2) is 11.4 Å². The van der Waals surface area contributed by atoms with Crippen molar-refractivity contribution in [3.63, 3.8) is 0 Å². The molecule has 3 aromatic rings. The smallest absolute Gasteiger partial charge is 0.205 e. The standard InChI is InChI=1S/C16H15BrN2O2/c1-10(11-5-3-2-4-6-11)8-20-15-14-12(7-19-16(15)18)13(17)9-21-14/h2-7,9-10H,8H2,1H3,(H2,18,19). The normalized spacial score (nSPS) is 12.5. The van der Waals surface area contributed by atoms with Crippen LogP contribution in [0.5, 0.6) is 5.75 Å². The van der Waals surface area contributed by atoms with Gasteiger partial charge >= 0.3 is 0 Å². The van der Waals surface area contributed by atoms with Gasteiger partial charge in [-0.15, -0.1) is 0 Å². The molecule has 1 unspecified atom stereocenters. The number of benzene rings is 1. The number of nitrogens with zero attached hydrogens (tertiary/aromatic N) is 1. The molecule has 0 saturated carbocycles. The summed E-state index contributed by atoms with van der Waals surface area (Å²) in [6.45, 7) is 2.62. The monoisotopic (exact) mass is 346 g/mol. The van der Waals surface area contributed by atoms with Gasteiger partial charge in [-0.3, -0.25) is 0 Å². The van der Waals surface area contributed by atoms with Crippen LogP contribution >= 0.6 is 15.9 Å². The second-order valence-electron chi connectivity index (χ2n) is 4.92. The highest BCUT2D eigenvalue weighted by molar-refractivity contribution is 9.10. The molecule has 21 heavy (non-hydrogen) atoms. The molecular formula is C16H15BrN2O2. The maximum atomic E-state index is 5.91. The first-order chi connectivity index (χ1) is 10.2. The van der Waals surface area contributed by atoms with Gasteiger partial charge in [-0.1, -0.05) is 37.3 Å². The Hall–Kier alpha value is -2.01. The molecule has 2 aromatic heterocycles.